The molecule has 1 atom stereocenters. The predicted molar refractivity (Wildman–Crippen MR) is 84.4 cm³/mol. The normalized spacial score (nSPS) is 13.7. The van der Waals surface area contributed by atoms with Gasteiger partial charge in [0.1, 0.15) is 6.23 Å². The van der Waals surface area contributed by atoms with Gasteiger partial charge < -0.3 is 4.74 Å². The van der Waals surface area contributed by atoms with Crippen molar-refractivity contribution < 1.29 is 4.74 Å². The Labute approximate surface area is 120 Å². The third-order valence-electron chi connectivity index (χ3n) is 3.31. The van der Waals surface area contributed by atoms with Crippen molar-refractivity contribution in [1.29, 1.82) is 0 Å². The molecule has 0 aliphatic rings. The van der Waals surface area contributed by atoms with E-state index in [1.807, 2.05) is 39.0 Å². The lowest BCUT2D eigenvalue weighted by atomic mass is 10.0. The van der Waals surface area contributed by atoms with E-state index in [0.717, 1.165) is 34.3 Å². The first-order chi connectivity index (χ1) is 9.65. The summed E-state index contributed by atoms with van der Waals surface area (Å²) < 4.78 is 5.52. The Morgan fingerprint density at radius 1 is 1.30 bits per heavy atom. The summed E-state index contributed by atoms with van der Waals surface area (Å²) in [5, 5.41) is 1.15. The number of para-hydroxylation sites is 1. The van der Waals surface area contributed by atoms with E-state index in [1.165, 1.54) is 0 Å². The summed E-state index contributed by atoms with van der Waals surface area (Å²) in [5.41, 5.74) is 4.23. The summed E-state index contributed by atoms with van der Waals surface area (Å²) in [6, 6.07) is 10.4. The van der Waals surface area contributed by atoms with Crippen LogP contribution in [0, 0.1) is 6.92 Å². The van der Waals surface area contributed by atoms with Crippen LogP contribution < -0.4 is 0 Å². The molecule has 1 unspecified atom stereocenters. The number of hydrogen-bond acceptors (Lipinski definition) is 3. The first-order valence-electron chi connectivity index (χ1n) is 7.20. The minimum absolute atomic E-state index is 0.110. The van der Waals surface area contributed by atoms with Gasteiger partial charge in [-0.1, -0.05) is 25.1 Å². The molecule has 0 bridgehead atoms. The van der Waals surface area contributed by atoms with E-state index in [2.05, 4.69) is 29.0 Å². The Bertz CT molecular complexity index is 619. The molecular formula is C17H22N2O. The first-order valence-corrected chi connectivity index (χ1v) is 7.20. The molecule has 0 saturated carbocycles. The first kappa shape index (κ1) is 14.7. The molecule has 0 aliphatic heterocycles. The molecule has 0 radical (unpaired) electrons. The Morgan fingerprint density at radius 3 is 2.75 bits per heavy atom. The summed E-state index contributed by atoms with van der Waals surface area (Å²) in [6.45, 7) is 8.80. The molecule has 3 heteroatoms. The zero-order valence-electron chi connectivity index (χ0n) is 12.7. The fourth-order valence-corrected chi connectivity index (χ4v) is 2.35. The van der Waals surface area contributed by atoms with Crippen molar-refractivity contribution in [2.24, 2.45) is 4.99 Å². The molecule has 2 aromatic rings. The van der Waals surface area contributed by atoms with Gasteiger partial charge in [0.15, 0.2) is 0 Å². The van der Waals surface area contributed by atoms with Gasteiger partial charge in [0.25, 0.3) is 0 Å². The van der Waals surface area contributed by atoms with Crippen LogP contribution in [0.2, 0.25) is 0 Å². The number of fused-ring (bicyclic) bond motifs is 1. The highest BCUT2D eigenvalue weighted by molar-refractivity contribution is 6.03. The number of nitrogens with zero attached hydrogens (tertiary/aromatic N) is 2. The lowest BCUT2D eigenvalue weighted by Gasteiger charge is -2.13. The standard InChI is InChI=1S/C17H22N2O/c1-5-16(19-13(4)20-6-2)15-11-14-9-7-8-10-17(14)18-12(15)3/h7-11,13H,5-6H2,1-4H3/b19-16+. The van der Waals surface area contributed by atoms with E-state index >= 15 is 0 Å². The van der Waals surface area contributed by atoms with E-state index in [4.69, 9.17) is 4.74 Å². The van der Waals surface area contributed by atoms with Crippen molar-refractivity contribution in [2.75, 3.05) is 6.61 Å². The van der Waals surface area contributed by atoms with Gasteiger partial charge in [-0.15, -0.1) is 0 Å². The molecule has 20 heavy (non-hydrogen) atoms. The summed E-state index contributed by atoms with van der Waals surface area (Å²) in [6.07, 6.45) is 0.763. The van der Waals surface area contributed by atoms with Crippen LogP contribution >= 0.6 is 0 Å². The topological polar surface area (TPSA) is 34.5 Å². The number of aromatic nitrogens is 1. The maximum atomic E-state index is 5.52. The van der Waals surface area contributed by atoms with Crippen molar-refractivity contribution >= 4 is 16.6 Å². The van der Waals surface area contributed by atoms with Crippen LogP contribution in [0.5, 0.6) is 0 Å². The largest absolute Gasteiger partial charge is 0.357 e. The van der Waals surface area contributed by atoms with Crippen LogP contribution in [0.25, 0.3) is 10.9 Å². The predicted octanol–water partition coefficient (Wildman–Crippen LogP) is 4.12. The molecule has 2 rings (SSSR count). The van der Waals surface area contributed by atoms with Gasteiger partial charge >= 0.3 is 0 Å². The van der Waals surface area contributed by atoms with E-state index in [-0.39, 0.29) is 6.23 Å². The van der Waals surface area contributed by atoms with Gasteiger partial charge in [0, 0.05) is 29.0 Å². The highest BCUT2D eigenvalue weighted by atomic mass is 16.5. The average molecular weight is 270 g/mol. The van der Waals surface area contributed by atoms with Crippen molar-refractivity contribution in [3.63, 3.8) is 0 Å². The molecule has 0 amide bonds. The second kappa shape index (κ2) is 6.62. The van der Waals surface area contributed by atoms with Gasteiger partial charge in [-0.05, 0) is 39.3 Å². The Kier molecular flexibility index (Phi) is 4.85. The van der Waals surface area contributed by atoms with E-state index in [0.29, 0.717) is 6.61 Å². The molecular weight excluding hydrogens is 248 g/mol. The van der Waals surface area contributed by atoms with E-state index < -0.39 is 0 Å². The molecule has 0 fully saturated rings. The van der Waals surface area contributed by atoms with Gasteiger partial charge in [-0.25, -0.2) is 0 Å². The zero-order valence-corrected chi connectivity index (χ0v) is 12.7. The molecule has 0 aliphatic carbocycles. The van der Waals surface area contributed by atoms with Crippen LogP contribution in [0.1, 0.15) is 38.4 Å². The molecule has 0 N–H and O–H groups in total. The van der Waals surface area contributed by atoms with Gasteiger partial charge in [0.05, 0.1) is 5.52 Å². The van der Waals surface area contributed by atoms with Crippen molar-refractivity contribution in [1.82, 2.24) is 4.98 Å². The summed E-state index contributed by atoms with van der Waals surface area (Å²) in [5.74, 6) is 0. The van der Waals surface area contributed by atoms with Crippen LogP contribution in [0.15, 0.2) is 35.3 Å². The Hall–Kier alpha value is -1.74. The van der Waals surface area contributed by atoms with E-state index in [1.54, 1.807) is 0 Å². The molecule has 0 saturated heterocycles. The smallest absolute Gasteiger partial charge is 0.145 e. The molecule has 3 nitrogen and oxygen atoms in total. The number of hydrogen-bond donors (Lipinski definition) is 0. The summed E-state index contributed by atoms with van der Waals surface area (Å²) in [7, 11) is 0. The fraction of sp³-hybridized carbons (Fsp3) is 0.412. The SMILES string of the molecule is CCOC(C)/N=C(\CC)c1cc2ccccc2nc1C. The lowest BCUT2D eigenvalue weighted by Crippen LogP contribution is -2.11. The third kappa shape index (κ3) is 3.23. The molecule has 1 aromatic carbocycles. The number of aryl methyl sites for hydroxylation is 1. The number of rotatable bonds is 5. The number of aliphatic imine (C=N–C) groups is 1. The van der Waals surface area contributed by atoms with Gasteiger partial charge in [-0.3, -0.25) is 9.98 Å². The Balaban J connectivity index is 2.46. The van der Waals surface area contributed by atoms with E-state index in [9.17, 15) is 0 Å². The molecule has 0 spiro atoms. The molecule has 1 heterocycles. The monoisotopic (exact) mass is 270 g/mol. The average Bonchev–Trinajstić information content (AvgIpc) is 2.44. The van der Waals surface area contributed by atoms with Crippen LogP contribution in [0.3, 0.4) is 0 Å². The quantitative estimate of drug-likeness (QED) is 0.766. The highest BCUT2D eigenvalue weighted by Gasteiger charge is 2.10. The molecule has 1 aromatic heterocycles. The number of ether oxygens (including phenoxy) is 1. The maximum Gasteiger partial charge on any atom is 0.145 e. The minimum Gasteiger partial charge on any atom is -0.357 e. The third-order valence-corrected chi connectivity index (χ3v) is 3.31. The lowest BCUT2D eigenvalue weighted by molar-refractivity contribution is 0.0831. The van der Waals surface area contributed by atoms with Crippen molar-refractivity contribution in [3.8, 4) is 0 Å². The van der Waals surface area contributed by atoms with Crippen LogP contribution in [0.4, 0.5) is 0 Å². The summed E-state index contributed by atoms with van der Waals surface area (Å²) >= 11 is 0. The second-order valence-corrected chi connectivity index (χ2v) is 4.80. The Morgan fingerprint density at radius 2 is 2.05 bits per heavy atom. The molecule has 106 valence electrons. The summed E-state index contributed by atoms with van der Waals surface area (Å²) in [4.78, 5) is 9.35. The minimum atomic E-state index is -0.110. The van der Waals surface area contributed by atoms with Gasteiger partial charge in [0.2, 0.25) is 0 Å². The van der Waals surface area contributed by atoms with Crippen LogP contribution in [-0.2, 0) is 4.74 Å². The van der Waals surface area contributed by atoms with Crippen molar-refractivity contribution in [2.45, 2.75) is 40.3 Å². The second-order valence-electron chi connectivity index (χ2n) is 4.80. The fourth-order valence-electron chi connectivity index (χ4n) is 2.35. The van der Waals surface area contributed by atoms with Gasteiger partial charge in [-0.2, -0.15) is 0 Å². The highest BCUT2D eigenvalue weighted by Crippen LogP contribution is 2.18. The van der Waals surface area contributed by atoms with Crippen molar-refractivity contribution in [3.05, 3.63) is 41.6 Å². The zero-order chi connectivity index (χ0) is 14.5. The number of benzene rings is 1. The maximum absolute atomic E-state index is 5.52. The number of pyridine rings is 1. The van der Waals surface area contributed by atoms with Crippen LogP contribution in [-0.4, -0.2) is 23.5 Å².